The van der Waals surface area contributed by atoms with Crippen molar-refractivity contribution in [2.75, 3.05) is 0 Å². The fourth-order valence-electron chi connectivity index (χ4n) is 0.163. The first-order valence-corrected chi connectivity index (χ1v) is 1.86. The van der Waals surface area contributed by atoms with Crippen LogP contribution >= 0.6 is 0 Å². The molecule has 0 spiro atoms. The maximum atomic E-state index is 9.61. The van der Waals surface area contributed by atoms with Crippen LogP contribution in [0.5, 0.6) is 0 Å². The van der Waals surface area contributed by atoms with Gasteiger partial charge in [-0.15, -0.1) is 0 Å². The van der Waals surface area contributed by atoms with Crippen LogP contribution in [0, 0.1) is 11.3 Å². The monoisotopic (exact) mass is 122 g/mol. The summed E-state index contributed by atoms with van der Waals surface area (Å²) in [4.78, 5) is 9.61. The molecule has 0 rings (SSSR count). The first kappa shape index (κ1) is 10.9. The SMILES string of the molecule is N#CCCC(=O)O.[Na]. The summed E-state index contributed by atoms with van der Waals surface area (Å²) >= 11 is 0. The number of aliphatic carboxylic acids is 1. The average molecular weight is 122 g/mol. The van der Waals surface area contributed by atoms with Crippen LogP contribution in [0.15, 0.2) is 0 Å². The van der Waals surface area contributed by atoms with E-state index in [1.807, 2.05) is 0 Å². The minimum absolute atomic E-state index is 0. The van der Waals surface area contributed by atoms with Gasteiger partial charge in [-0.2, -0.15) is 5.26 Å². The Morgan fingerprint density at radius 2 is 2.25 bits per heavy atom. The summed E-state index contributed by atoms with van der Waals surface area (Å²) in [6, 6.07) is 1.72. The number of hydrogen-bond donors (Lipinski definition) is 1. The van der Waals surface area contributed by atoms with E-state index in [4.69, 9.17) is 10.4 Å². The number of carbonyl (C=O) groups is 1. The summed E-state index contributed by atoms with van der Waals surface area (Å²) in [6.07, 6.45) is 0.0613. The molecule has 0 atom stereocenters. The number of nitriles is 1. The van der Waals surface area contributed by atoms with E-state index in [0.29, 0.717) is 0 Å². The van der Waals surface area contributed by atoms with Gasteiger partial charge in [0.25, 0.3) is 0 Å². The predicted molar refractivity (Wildman–Crippen MR) is 28.2 cm³/mol. The zero-order valence-electron chi connectivity index (χ0n) is 4.72. The topological polar surface area (TPSA) is 61.1 Å². The van der Waals surface area contributed by atoms with Crippen LogP contribution in [-0.2, 0) is 4.79 Å². The third-order valence-corrected chi connectivity index (χ3v) is 0.451. The second-order valence-electron chi connectivity index (χ2n) is 1.05. The van der Waals surface area contributed by atoms with E-state index < -0.39 is 5.97 Å². The van der Waals surface area contributed by atoms with Crippen molar-refractivity contribution in [3.05, 3.63) is 0 Å². The van der Waals surface area contributed by atoms with Gasteiger partial charge in [-0.05, 0) is 0 Å². The Balaban J connectivity index is 0. The van der Waals surface area contributed by atoms with Crippen molar-refractivity contribution >= 4 is 35.5 Å². The normalized spacial score (nSPS) is 6.38. The van der Waals surface area contributed by atoms with Crippen LogP contribution in [0.3, 0.4) is 0 Å². The molecule has 1 radical (unpaired) electrons. The minimum atomic E-state index is -0.915. The van der Waals surface area contributed by atoms with Gasteiger partial charge in [-0.1, -0.05) is 0 Å². The zero-order chi connectivity index (χ0) is 5.70. The van der Waals surface area contributed by atoms with Gasteiger partial charge in [0.15, 0.2) is 0 Å². The molecular formula is C4H5NNaO2. The van der Waals surface area contributed by atoms with Crippen LogP contribution in [0.2, 0.25) is 0 Å². The number of carboxylic acids is 1. The van der Waals surface area contributed by atoms with E-state index in [2.05, 4.69) is 0 Å². The van der Waals surface area contributed by atoms with Crippen molar-refractivity contribution in [1.29, 1.82) is 5.26 Å². The van der Waals surface area contributed by atoms with Gasteiger partial charge < -0.3 is 5.11 Å². The van der Waals surface area contributed by atoms with Gasteiger partial charge in [0.05, 0.1) is 12.5 Å². The Morgan fingerprint density at radius 3 is 2.38 bits per heavy atom. The summed E-state index contributed by atoms with van der Waals surface area (Å²) in [5.41, 5.74) is 0. The maximum Gasteiger partial charge on any atom is 0.304 e. The molecule has 3 nitrogen and oxygen atoms in total. The smallest absolute Gasteiger partial charge is 0.304 e. The molecule has 0 bridgehead atoms. The molecule has 0 unspecified atom stereocenters. The second-order valence-corrected chi connectivity index (χ2v) is 1.05. The number of rotatable bonds is 2. The zero-order valence-corrected chi connectivity index (χ0v) is 6.72. The van der Waals surface area contributed by atoms with Crippen molar-refractivity contribution in [3.8, 4) is 6.07 Å². The fraction of sp³-hybridized carbons (Fsp3) is 0.500. The number of carboxylic acid groups (broad SMARTS) is 1. The van der Waals surface area contributed by atoms with Gasteiger partial charge >= 0.3 is 5.97 Å². The molecule has 0 aromatic rings. The quantitative estimate of drug-likeness (QED) is 0.524. The molecule has 0 aliphatic heterocycles. The van der Waals surface area contributed by atoms with Gasteiger partial charge in [0.2, 0.25) is 0 Å². The molecular weight excluding hydrogens is 117 g/mol. The molecule has 8 heavy (non-hydrogen) atoms. The van der Waals surface area contributed by atoms with E-state index in [0.717, 1.165) is 0 Å². The molecule has 0 aromatic carbocycles. The van der Waals surface area contributed by atoms with E-state index in [9.17, 15) is 4.79 Å². The van der Waals surface area contributed by atoms with Gasteiger partial charge in [-0.3, -0.25) is 4.79 Å². The summed E-state index contributed by atoms with van der Waals surface area (Å²) in [5, 5.41) is 15.7. The van der Waals surface area contributed by atoms with Crippen LogP contribution in [-0.4, -0.2) is 40.6 Å². The van der Waals surface area contributed by atoms with Crippen LogP contribution in [0.4, 0.5) is 0 Å². The van der Waals surface area contributed by atoms with Crippen molar-refractivity contribution < 1.29 is 9.90 Å². The standard InChI is InChI=1S/C4H5NO2.Na/c5-3-1-2-4(6)7;/h1-2H2,(H,6,7);. The van der Waals surface area contributed by atoms with E-state index >= 15 is 0 Å². The summed E-state index contributed by atoms with van der Waals surface area (Å²) < 4.78 is 0. The Kier molecular flexibility index (Phi) is 9.44. The number of hydrogen-bond acceptors (Lipinski definition) is 2. The molecule has 0 saturated heterocycles. The Morgan fingerprint density at radius 1 is 1.75 bits per heavy atom. The first-order chi connectivity index (χ1) is 3.27. The van der Waals surface area contributed by atoms with Gasteiger partial charge in [0, 0.05) is 36.0 Å². The summed E-state index contributed by atoms with van der Waals surface area (Å²) in [6.45, 7) is 0. The van der Waals surface area contributed by atoms with Gasteiger partial charge in [0.1, 0.15) is 0 Å². The Labute approximate surface area is 69.6 Å². The molecule has 0 aliphatic carbocycles. The first-order valence-electron chi connectivity index (χ1n) is 1.86. The second kappa shape index (κ2) is 6.96. The number of nitrogens with zero attached hydrogens (tertiary/aromatic N) is 1. The molecule has 1 N–H and O–H groups in total. The Hall–Kier alpha value is -0.0400. The summed E-state index contributed by atoms with van der Waals surface area (Å²) in [7, 11) is 0. The van der Waals surface area contributed by atoms with Crippen LogP contribution < -0.4 is 0 Å². The third kappa shape index (κ3) is 9.35. The molecule has 0 amide bonds. The van der Waals surface area contributed by atoms with Crippen molar-refractivity contribution in [3.63, 3.8) is 0 Å². The van der Waals surface area contributed by atoms with Crippen LogP contribution in [0.1, 0.15) is 12.8 Å². The van der Waals surface area contributed by atoms with Crippen molar-refractivity contribution in [2.45, 2.75) is 12.8 Å². The van der Waals surface area contributed by atoms with Crippen molar-refractivity contribution in [1.82, 2.24) is 0 Å². The van der Waals surface area contributed by atoms with E-state index in [1.165, 1.54) is 0 Å². The molecule has 0 heterocycles. The molecule has 0 saturated carbocycles. The van der Waals surface area contributed by atoms with Gasteiger partial charge in [-0.25, -0.2) is 0 Å². The molecule has 0 aliphatic rings. The maximum absolute atomic E-state index is 9.61. The fourth-order valence-corrected chi connectivity index (χ4v) is 0.163. The Bertz CT molecular complexity index is 107. The van der Waals surface area contributed by atoms with E-state index in [-0.39, 0.29) is 42.4 Å². The molecule has 39 valence electrons. The predicted octanol–water partition coefficient (Wildman–Crippen LogP) is -0.00602. The molecule has 4 heteroatoms. The largest absolute Gasteiger partial charge is 0.481 e. The van der Waals surface area contributed by atoms with E-state index in [1.54, 1.807) is 6.07 Å². The van der Waals surface area contributed by atoms with Crippen molar-refractivity contribution in [2.24, 2.45) is 0 Å². The molecule has 0 fully saturated rings. The minimum Gasteiger partial charge on any atom is -0.481 e. The molecule has 0 aromatic heterocycles. The average Bonchev–Trinajstić information content (AvgIpc) is 1.61. The third-order valence-electron chi connectivity index (χ3n) is 0.451. The van der Waals surface area contributed by atoms with Crippen LogP contribution in [0.25, 0.3) is 0 Å². The summed E-state index contributed by atoms with van der Waals surface area (Å²) in [5.74, 6) is -0.915.